The van der Waals surface area contributed by atoms with E-state index in [0.29, 0.717) is 17.2 Å². The molecule has 0 saturated carbocycles. The highest BCUT2D eigenvalue weighted by Gasteiger charge is 2.42. The van der Waals surface area contributed by atoms with Crippen LogP contribution in [0.5, 0.6) is 0 Å². The molecule has 4 heteroatoms. The van der Waals surface area contributed by atoms with E-state index in [9.17, 15) is 4.79 Å². The van der Waals surface area contributed by atoms with E-state index in [0.717, 1.165) is 42.9 Å². The zero-order valence-electron chi connectivity index (χ0n) is 11.4. The molecule has 2 nitrogen and oxygen atoms in total. The fourth-order valence-corrected chi connectivity index (χ4v) is 4.62. The second kappa shape index (κ2) is 6.08. The molecule has 0 N–H and O–H groups in total. The largest absolute Gasteiger partial charge is 0.374 e. The van der Waals surface area contributed by atoms with Gasteiger partial charge < -0.3 is 4.74 Å². The van der Waals surface area contributed by atoms with Gasteiger partial charge in [0.15, 0.2) is 0 Å². The average molecular weight is 311 g/mol. The van der Waals surface area contributed by atoms with E-state index < -0.39 is 0 Å². The van der Waals surface area contributed by atoms with Gasteiger partial charge in [0, 0.05) is 29.7 Å². The molecule has 0 aliphatic carbocycles. The van der Waals surface area contributed by atoms with E-state index in [1.165, 1.54) is 0 Å². The normalized spacial score (nSPS) is 29.8. The maximum Gasteiger partial charge on any atom is 0.140 e. The Morgan fingerprint density at radius 1 is 1.40 bits per heavy atom. The Morgan fingerprint density at radius 3 is 2.90 bits per heavy atom. The molecule has 2 aliphatic heterocycles. The minimum Gasteiger partial charge on any atom is -0.374 e. The van der Waals surface area contributed by atoms with E-state index in [4.69, 9.17) is 16.3 Å². The molecule has 2 fully saturated rings. The third-order valence-electron chi connectivity index (χ3n) is 4.31. The average Bonchev–Trinajstić information content (AvgIpc) is 2.89. The van der Waals surface area contributed by atoms with Gasteiger partial charge in [-0.1, -0.05) is 23.7 Å². The Balaban J connectivity index is 1.63. The van der Waals surface area contributed by atoms with Gasteiger partial charge in [-0.3, -0.25) is 4.79 Å². The lowest BCUT2D eigenvalue weighted by Crippen LogP contribution is -2.42. The fourth-order valence-electron chi connectivity index (χ4n) is 3.11. The lowest BCUT2D eigenvalue weighted by molar-refractivity contribution is -0.133. The van der Waals surface area contributed by atoms with Crippen LogP contribution in [0.25, 0.3) is 0 Å². The minimum atomic E-state index is -0.0107. The van der Waals surface area contributed by atoms with Crippen molar-refractivity contribution in [1.82, 2.24) is 0 Å². The molecule has 2 saturated heterocycles. The van der Waals surface area contributed by atoms with Crippen molar-refractivity contribution in [2.45, 2.75) is 31.3 Å². The lowest BCUT2D eigenvalue weighted by atomic mass is 9.81. The molecule has 2 atom stereocenters. The van der Waals surface area contributed by atoms with Crippen molar-refractivity contribution in [3.63, 3.8) is 0 Å². The molecule has 2 heterocycles. The zero-order chi connectivity index (χ0) is 14.0. The number of carbonyl (C=O) groups excluding carboxylic acids is 1. The predicted octanol–water partition coefficient (Wildman–Crippen LogP) is 3.75. The van der Waals surface area contributed by atoms with Crippen molar-refractivity contribution in [3.05, 3.63) is 34.9 Å². The Labute approximate surface area is 129 Å². The summed E-state index contributed by atoms with van der Waals surface area (Å²) in [5.41, 5.74) is 1.05. The summed E-state index contributed by atoms with van der Waals surface area (Å²) in [6, 6.07) is 7.59. The van der Waals surface area contributed by atoms with E-state index in [2.05, 4.69) is 0 Å². The number of rotatable bonds is 3. The summed E-state index contributed by atoms with van der Waals surface area (Å²) in [5.74, 6) is 2.74. The minimum absolute atomic E-state index is 0.0107. The third-order valence-corrected chi connectivity index (χ3v) is 5.78. The summed E-state index contributed by atoms with van der Waals surface area (Å²) in [5, 5.41) is 0.717. The van der Waals surface area contributed by atoms with E-state index in [-0.39, 0.29) is 11.5 Å². The molecule has 1 spiro atoms. The summed E-state index contributed by atoms with van der Waals surface area (Å²) in [6.07, 6.45) is 3.40. The van der Waals surface area contributed by atoms with Crippen LogP contribution in [0, 0.1) is 5.92 Å². The fraction of sp³-hybridized carbons (Fsp3) is 0.562. The highest BCUT2D eigenvalue weighted by Crippen LogP contribution is 2.40. The number of ether oxygens (including phenoxy) is 1. The molecule has 0 amide bonds. The monoisotopic (exact) mass is 310 g/mol. The molecule has 1 aromatic carbocycles. The van der Waals surface area contributed by atoms with Crippen molar-refractivity contribution in [2.75, 3.05) is 18.1 Å². The summed E-state index contributed by atoms with van der Waals surface area (Å²) in [4.78, 5) is 12.5. The van der Waals surface area contributed by atoms with Gasteiger partial charge in [-0.2, -0.15) is 11.8 Å². The van der Waals surface area contributed by atoms with Crippen molar-refractivity contribution >= 4 is 29.1 Å². The van der Waals surface area contributed by atoms with Gasteiger partial charge in [0.25, 0.3) is 0 Å². The number of halogens is 1. The second-order valence-corrected chi connectivity index (χ2v) is 7.33. The van der Waals surface area contributed by atoms with Gasteiger partial charge in [0.2, 0.25) is 0 Å². The first-order valence-electron chi connectivity index (χ1n) is 7.16. The Kier molecular flexibility index (Phi) is 4.39. The van der Waals surface area contributed by atoms with Crippen LogP contribution in [0.2, 0.25) is 5.02 Å². The Bertz CT molecular complexity index is 480. The molecule has 2 aliphatic rings. The number of Topliss-reactive ketones (excluding diaryl/α,β-unsaturated/α-hetero) is 1. The number of hydrogen-bond donors (Lipinski definition) is 0. The third kappa shape index (κ3) is 3.21. The van der Waals surface area contributed by atoms with Crippen molar-refractivity contribution in [3.8, 4) is 0 Å². The number of hydrogen-bond acceptors (Lipinski definition) is 3. The quantitative estimate of drug-likeness (QED) is 0.850. The van der Waals surface area contributed by atoms with Crippen molar-refractivity contribution < 1.29 is 9.53 Å². The molecule has 20 heavy (non-hydrogen) atoms. The molecular formula is C16H19ClO2S. The summed E-state index contributed by atoms with van der Waals surface area (Å²) in [6.45, 7) is 0.734. The molecule has 108 valence electrons. The Morgan fingerprint density at radius 2 is 2.20 bits per heavy atom. The molecule has 2 unspecified atom stereocenters. The van der Waals surface area contributed by atoms with Crippen LogP contribution in [0.3, 0.4) is 0 Å². The maximum atomic E-state index is 12.5. The zero-order valence-corrected chi connectivity index (χ0v) is 13.0. The topological polar surface area (TPSA) is 26.3 Å². The van der Waals surface area contributed by atoms with Gasteiger partial charge in [0.1, 0.15) is 5.78 Å². The van der Waals surface area contributed by atoms with Crippen LogP contribution < -0.4 is 0 Å². The van der Waals surface area contributed by atoms with E-state index in [1.807, 2.05) is 36.0 Å². The van der Waals surface area contributed by atoms with Gasteiger partial charge in [-0.25, -0.2) is 0 Å². The lowest BCUT2D eigenvalue weighted by Gasteiger charge is -2.37. The molecule has 3 rings (SSSR count). The van der Waals surface area contributed by atoms with Gasteiger partial charge >= 0.3 is 0 Å². The van der Waals surface area contributed by atoms with E-state index >= 15 is 0 Å². The molecule has 1 aromatic rings. The highest BCUT2D eigenvalue weighted by molar-refractivity contribution is 7.99. The van der Waals surface area contributed by atoms with Gasteiger partial charge in [0.05, 0.1) is 5.60 Å². The van der Waals surface area contributed by atoms with Crippen LogP contribution in [0.4, 0.5) is 0 Å². The van der Waals surface area contributed by atoms with Crippen molar-refractivity contribution in [1.29, 1.82) is 0 Å². The number of ketones is 1. The number of thioether (sulfide) groups is 1. The van der Waals surface area contributed by atoms with Gasteiger partial charge in [-0.15, -0.1) is 0 Å². The smallest absolute Gasteiger partial charge is 0.140 e. The molecule has 0 aromatic heterocycles. The highest BCUT2D eigenvalue weighted by atomic mass is 35.5. The van der Waals surface area contributed by atoms with E-state index in [1.54, 1.807) is 0 Å². The van der Waals surface area contributed by atoms with Gasteiger partial charge in [-0.05, 0) is 42.7 Å². The second-order valence-electron chi connectivity index (χ2n) is 5.79. The summed E-state index contributed by atoms with van der Waals surface area (Å²) in [7, 11) is 0. The standard InChI is InChI=1S/C16H19ClO2S/c17-14-3-1-12(2-4-14)9-15(18)13-5-7-19-16(10-13)6-8-20-11-16/h1-4,13H,5-11H2. The first-order valence-corrected chi connectivity index (χ1v) is 8.69. The predicted molar refractivity (Wildman–Crippen MR) is 83.5 cm³/mol. The first kappa shape index (κ1) is 14.4. The van der Waals surface area contributed by atoms with Crippen LogP contribution >= 0.6 is 23.4 Å². The number of carbonyl (C=O) groups is 1. The maximum absolute atomic E-state index is 12.5. The molecule has 0 radical (unpaired) electrons. The molecular weight excluding hydrogens is 292 g/mol. The van der Waals surface area contributed by atoms with Crippen molar-refractivity contribution in [2.24, 2.45) is 5.92 Å². The Hall–Kier alpha value is -0.510. The first-order chi connectivity index (χ1) is 9.67. The summed E-state index contributed by atoms with van der Waals surface area (Å²) < 4.78 is 5.98. The number of benzene rings is 1. The van der Waals surface area contributed by atoms with Crippen LogP contribution in [0.15, 0.2) is 24.3 Å². The van der Waals surface area contributed by atoms with Crippen LogP contribution in [-0.2, 0) is 16.0 Å². The summed E-state index contributed by atoms with van der Waals surface area (Å²) >= 11 is 7.82. The molecule has 0 bridgehead atoms. The van der Waals surface area contributed by atoms with Crippen LogP contribution in [0.1, 0.15) is 24.8 Å². The van der Waals surface area contributed by atoms with Crippen LogP contribution in [-0.4, -0.2) is 29.5 Å². The SMILES string of the molecule is O=C(Cc1ccc(Cl)cc1)C1CCOC2(CCSC2)C1.